The first-order valence-corrected chi connectivity index (χ1v) is 5.82. The van der Waals surface area contributed by atoms with Gasteiger partial charge in [0.25, 0.3) is 5.91 Å². The number of nitrogens with one attached hydrogen (secondary N) is 1. The van der Waals surface area contributed by atoms with Crippen molar-refractivity contribution in [2.75, 3.05) is 27.2 Å². The minimum absolute atomic E-state index is 0.0372. The van der Waals surface area contributed by atoms with Crippen molar-refractivity contribution < 1.29 is 9.59 Å². The minimum atomic E-state index is -0.322. The Balaban J connectivity index is 2.80. The van der Waals surface area contributed by atoms with Crippen LogP contribution < -0.4 is 11.1 Å². The van der Waals surface area contributed by atoms with Crippen LogP contribution in [0.2, 0.25) is 0 Å². The summed E-state index contributed by atoms with van der Waals surface area (Å²) >= 11 is 0. The average Bonchev–Trinajstić information content (AvgIpc) is 2.42. The first kappa shape index (κ1) is 14.7. The molecule has 0 saturated heterocycles. The third kappa shape index (κ3) is 4.45. The highest BCUT2D eigenvalue weighted by molar-refractivity contribution is 5.98. The maximum Gasteiger partial charge on any atom is 0.252 e. The number of nitrogens with two attached hydrogens (primary N) is 1. The zero-order valence-electron chi connectivity index (χ0n) is 11.1. The summed E-state index contributed by atoms with van der Waals surface area (Å²) in [6, 6.07) is 6.94. The fourth-order valence-electron chi connectivity index (χ4n) is 1.35. The molecule has 0 spiro atoms. The lowest BCUT2D eigenvalue weighted by molar-refractivity contribution is -0.127. The van der Waals surface area contributed by atoms with E-state index < -0.39 is 0 Å². The zero-order chi connectivity index (χ0) is 14.3. The van der Waals surface area contributed by atoms with Gasteiger partial charge in [0.05, 0.1) is 18.7 Å². The molecule has 0 heterocycles. The van der Waals surface area contributed by atoms with E-state index in [4.69, 9.17) is 5.73 Å². The van der Waals surface area contributed by atoms with Gasteiger partial charge >= 0.3 is 0 Å². The first-order valence-electron chi connectivity index (χ1n) is 5.82. The van der Waals surface area contributed by atoms with E-state index in [1.54, 1.807) is 38.4 Å². The van der Waals surface area contributed by atoms with Gasteiger partial charge < -0.3 is 16.0 Å². The summed E-state index contributed by atoms with van der Waals surface area (Å²) in [7, 11) is 3.27. The molecule has 2 amide bonds. The van der Waals surface area contributed by atoms with E-state index in [9.17, 15) is 9.59 Å². The molecule has 100 valence electrons. The van der Waals surface area contributed by atoms with E-state index >= 15 is 0 Å². The number of carbonyl (C=O) groups excluding carboxylic acids is 2. The smallest absolute Gasteiger partial charge is 0.252 e. The maximum absolute atomic E-state index is 12.0. The molecular weight excluding hydrogens is 242 g/mol. The van der Waals surface area contributed by atoms with Crippen molar-refractivity contribution in [2.24, 2.45) is 5.73 Å². The monoisotopic (exact) mass is 259 g/mol. The quantitative estimate of drug-likeness (QED) is 0.739. The van der Waals surface area contributed by atoms with E-state index in [1.165, 1.54) is 4.90 Å². The third-order valence-corrected chi connectivity index (χ3v) is 2.40. The predicted octanol–water partition coefficient (Wildman–Crippen LogP) is -0.185. The fourth-order valence-corrected chi connectivity index (χ4v) is 1.35. The molecule has 0 aliphatic carbocycles. The number of hydrogen-bond acceptors (Lipinski definition) is 3. The van der Waals surface area contributed by atoms with Gasteiger partial charge in [-0.2, -0.15) is 0 Å². The molecular formula is C14H17N3O2. The molecule has 0 fully saturated rings. The average molecular weight is 259 g/mol. The van der Waals surface area contributed by atoms with E-state index in [1.807, 2.05) is 0 Å². The maximum atomic E-state index is 12.0. The molecule has 5 heteroatoms. The molecule has 0 radical (unpaired) electrons. The van der Waals surface area contributed by atoms with Crippen molar-refractivity contribution in [3.05, 3.63) is 35.4 Å². The standard InChI is InChI=1S/C14H17N3O2/c1-17(2)13(18)10-16-14(19)12-8-4-3-6-11(12)7-5-9-15/h3-4,6,8H,9-10,15H2,1-2H3,(H,16,19). The lowest BCUT2D eigenvalue weighted by Crippen LogP contribution is -2.36. The molecule has 19 heavy (non-hydrogen) atoms. The lowest BCUT2D eigenvalue weighted by Gasteiger charge is -2.11. The molecule has 0 saturated carbocycles. The van der Waals surface area contributed by atoms with Crippen LogP contribution >= 0.6 is 0 Å². The summed E-state index contributed by atoms with van der Waals surface area (Å²) < 4.78 is 0. The molecule has 0 bridgehead atoms. The van der Waals surface area contributed by atoms with Gasteiger partial charge in [-0.3, -0.25) is 9.59 Å². The molecule has 0 aromatic heterocycles. The number of amides is 2. The second kappa shape index (κ2) is 7.19. The van der Waals surface area contributed by atoms with Crippen LogP contribution in [-0.2, 0) is 4.79 Å². The van der Waals surface area contributed by atoms with Crippen molar-refractivity contribution in [1.29, 1.82) is 0 Å². The highest BCUT2D eigenvalue weighted by Crippen LogP contribution is 2.06. The Morgan fingerprint density at radius 3 is 2.63 bits per heavy atom. The van der Waals surface area contributed by atoms with Crippen LogP contribution in [0, 0.1) is 11.8 Å². The van der Waals surface area contributed by atoms with Crippen molar-refractivity contribution in [3.63, 3.8) is 0 Å². The van der Waals surface area contributed by atoms with Gasteiger partial charge in [0.2, 0.25) is 5.91 Å². The second-order valence-electron chi connectivity index (χ2n) is 4.02. The second-order valence-corrected chi connectivity index (χ2v) is 4.02. The number of nitrogens with zero attached hydrogens (tertiary/aromatic N) is 1. The molecule has 0 aliphatic rings. The summed E-state index contributed by atoms with van der Waals surface area (Å²) in [6.45, 7) is 0.194. The summed E-state index contributed by atoms with van der Waals surface area (Å²) in [5, 5.41) is 2.57. The largest absolute Gasteiger partial charge is 0.347 e. The normalized spacial score (nSPS) is 9.21. The SMILES string of the molecule is CN(C)C(=O)CNC(=O)c1ccccc1C#CCN. The van der Waals surface area contributed by atoms with Gasteiger partial charge in [-0.25, -0.2) is 0 Å². The fraction of sp³-hybridized carbons (Fsp3) is 0.286. The van der Waals surface area contributed by atoms with Gasteiger partial charge in [-0.05, 0) is 12.1 Å². The van der Waals surface area contributed by atoms with Gasteiger partial charge in [0, 0.05) is 19.7 Å². The zero-order valence-corrected chi connectivity index (χ0v) is 11.1. The van der Waals surface area contributed by atoms with Crippen LogP contribution in [0.3, 0.4) is 0 Å². The third-order valence-electron chi connectivity index (χ3n) is 2.40. The number of rotatable bonds is 3. The van der Waals surface area contributed by atoms with E-state index in [0.29, 0.717) is 11.1 Å². The molecule has 1 aromatic rings. The molecule has 5 nitrogen and oxygen atoms in total. The summed E-state index contributed by atoms with van der Waals surface area (Å²) in [5.74, 6) is 5.05. The molecule has 0 aliphatic heterocycles. The minimum Gasteiger partial charge on any atom is -0.347 e. The Labute approximate surface area is 112 Å². The number of likely N-dealkylation sites (N-methyl/N-ethyl adjacent to an activating group) is 1. The van der Waals surface area contributed by atoms with Crippen molar-refractivity contribution in [3.8, 4) is 11.8 Å². The van der Waals surface area contributed by atoms with Gasteiger partial charge in [-0.1, -0.05) is 24.0 Å². The Kier molecular flexibility index (Phi) is 5.58. The van der Waals surface area contributed by atoms with Crippen molar-refractivity contribution in [1.82, 2.24) is 10.2 Å². The van der Waals surface area contributed by atoms with Crippen LogP contribution in [0.1, 0.15) is 15.9 Å². The van der Waals surface area contributed by atoms with Crippen LogP contribution in [-0.4, -0.2) is 43.9 Å². The number of benzene rings is 1. The Morgan fingerprint density at radius 2 is 2.00 bits per heavy atom. The number of carbonyl (C=O) groups is 2. The van der Waals surface area contributed by atoms with Crippen LogP contribution in [0.25, 0.3) is 0 Å². The summed E-state index contributed by atoms with van der Waals surface area (Å²) in [6.07, 6.45) is 0. The van der Waals surface area contributed by atoms with Gasteiger partial charge in [-0.15, -0.1) is 0 Å². The van der Waals surface area contributed by atoms with E-state index in [0.717, 1.165) is 0 Å². The topological polar surface area (TPSA) is 75.4 Å². The van der Waals surface area contributed by atoms with Crippen LogP contribution in [0.4, 0.5) is 0 Å². The Morgan fingerprint density at radius 1 is 1.32 bits per heavy atom. The highest BCUT2D eigenvalue weighted by atomic mass is 16.2. The van der Waals surface area contributed by atoms with Crippen molar-refractivity contribution >= 4 is 11.8 Å². The molecule has 0 unspecified atom stereocenters. The summed E-state index contributed by atoms with van der Waals surface area (Å²) in [4.78, 5) is 24.8. The molecule has 0 atom stereocenters. The van der Waals surface area contributed by atoms with Crippen LogP contribution in [0.5, 0.6) is 0 Å². The molecule has 3 N–H and O–H groups in total. The summed E-state index contributed by atoms with van der Waals surface area (Å²) in [5.41, 5.74) is 6.35. The van der Waals surface area contributed by atoms with Crippen LogP contribution in [0.15, 0.2) is 24.3 Å². The van der Waals surface area contributed by atoms with E-state index in [-0.39, 0.29) is 24.9 Å². The lowest BCUT2D eigenvalue weighted by atomic mass is 10.1. The van der Waals surface area contributed by atoms with Gasteiger partial charge in [0.1, 0.15) is 0 Å². The van der Waals surface area contributed by atoms with Crippen molar-refractivity contribution in [2.45, 2.75) is 0 Å². The predicted molar refractivity (Wildman–Crippen MR) is 73.4 cm³/mol. The molecule has 1 rings (SSSR count). The Hall–Kier alpha value is -2.32. The highest BCUT2D eigenvalue weighted by Gasteiger charge is 2.11. The Bertz CT molecular complexity index is 527. The molecule has 1 aromatic carbocycles. The number of hydrogen-bond donors (Lipinski definition) is 2. The van der Waals surface area contributed by atoms with E-state index in [2.05, 4.69) is 17.2 Å². The first-order chi connectivity index (χ1) is 9.06. The van der Waals surface area contributed by atoms with Gasteiger partial charge in [0.15, 0.2) is 0 Å².